The van der Waals surface area contributed by atoms with Gasteiger partial charge in [0.05, 0.1) is 16.5 Å². The van der Waals surface area contributed by atoms with Gasteiger partial charge in [-0.2, -0.15) is 0 Å². The molecule has 3 N–H and O–H groups in total. The number of nitrogens with one attached hydrogen (secondary N) is 2. The Morgan fingerprint density at radius 2 is 2.00 bits per heavy atom. The summed E-state index contributed by atoms with van der Waals surface area (Å²) < 4.78 is 0. The molecule has 0 aliphatic heterocycles. The molecule has 0 bridgehead atoms. The number of anilines is 1. The van der Waals surface area contributed by atoms with Crippen molar-refractivity contribution in [2.45, 2.75) is 13.5 Å². The normalized spacial score (nSPS) is 10.8. The Hall–Kier alpha value is -2.86. The van der Waals surface area contributed by atoms with Gasteiger partial charge >= 0.3 is 5.97 Å². The zero-order valence-corrected chi connectivity index (χ0v) is 13.5. The van der Waals surface area contributed by atoms with Crippen LogP contribution in [0.2, 0.25) is 5.02 Å². The molecule has 24 heavy (non-hydrogen) atoms. The molecule has 6 nitrogen and oxygen atoms in total. The number of H-pyrrole nitrogens is 1. The van der Waals surface area contributed by atoms with E-state index in [1.807, 2.05) is 0 Å². The SMILES string of the molecule is Cc1nc2cc(Cl)c(CNc3ccc(C(=O)O)cc3)cc2c(=O)[nH]1. The summed E-state index contributed by atoms with van der Waals surface area (Å²) in [5.74, 6) is -0.436. The van der Waals surface area contributed by atoms with E-state index in [1.165, 1.54) is 12.1 Å². The number of benzene rings is 2. The summed E-state index contributed by atoms with van der Waals surface area (Å²) in [5, 5.41) is 13.0. The second-order valence-corrected chi connectivity index (χ2v) is 5.76. The third kappa shape index (κ3) is 3.23. The van der Waals surface area contributed by atoms with Gasteiger partial charge in [-0.1, -0.05) is 11.6 Å². The summed E-state index contributed by atoms with van der Waals surface area (Å²) in [6, 6.07) is 9.77. The van der Waals surface area contributed by atoms with Crippen LogP contribution in [-0.4, -0.2) is 21.0 Å². The highest BCUT2D eigenvalue weighted by Crippen LogP contribution is 2.22. The molecule has 0 aliphatic rings. The smallest absolute Gasteiger partial charge is 0.335 e. The summed E-state index contributed by atoms with van der Waals surface area (Å²) in [5.41, 5.74) is 2.07. The van der Waals surface area contributed by atoms with Crippen LogP contribution in [0.25, 0.3) is 10.9 Å². The summed E-state index contributed by atoms with van der Waals surface area (Å²) in [6.07, 6.45) is 0. The number of aromatic carboxylic acids is 1. The van der Waals surface area contributed by atoms with Gasteiger partial charge in [-0.05, 0) is 48.9 Å². The Balaban J connectivity index is 1.86. The number of halogens is 1. The Labute approximate surface area is 142 Å². The molecule has 122 valence electrons. The highest BCUT2D eigenvalue weighted by atomic mass is 35.5. The third-order valence-electron chi connectivity index (χ3n) is 3.61. The fraction of sp³-hybridized carbons (Fsp3) is 0.118. The lowest BCUT2D eigenvalue weighted by atomic mass is 10.1. The van der Waals surface area contributed by atoms with Crippen molar-refractivity contribution in [3.63, 3.8) is 0 Å². The van der Waals surface area contributed by atoms with Crippen molar-refractivity contribution in [2.24, 2.45) is 0 Å². The number of hydrogen-bond donors (Lipinski definition) is 3. The van der Waals surface area contributed by atoms with Crippen LogP contribution in [0.15, 0.2) is 41.2 Å². The van der Waals surface area contributed by atoms with E-state index in [0.717, 1.165) is 11.3 Å². The second-order valence-electron chi connectivity index (χ2n) is 5.35. The van der Waals surface area contributed by atoms with Crippen LogP contribution in [0.1, 0.15) is 21.7 Å². The minimum absolute atomic E-state index is 0.207. The highest BCUT2D eigenvalue weighted by Gasteiger charge is 2.08. The van der Waals surface area contributed by atoms with E-state index in [4.69, 9.17) is 16.7 Å². The molecule has 7 heteroatoms. The summed E-state index contributed by atoms with van der Waals surface area (Å²) in [7, 11) is 0. The first-order valence-corrected chi connectivity index (χ1v) is 7.58. The average molecular weight is 344 g/mol. The molecular weight excluding hydrogens is 330 g/mol. The van der Waals surface area contributed by atoms with E-state index in [-0.39, 0.29) is 11.1 Å². The van der Waals surface area contributed by atoms with Crippen molar-refractivity contribution in [1.82, 2.24) is 9.97 Å². The lowest BCUT2D eigenvalue weighted by Gasteiger charge is -2.10. The standard InChI is InChI=1S/C17H14ClN3O3/c1-9-20-15-7-14(18)11(6-13(15)16(22)21-9)8-19-12-4-2-10(3-5-12)17(23)24/h2-7,19H,8H2,1H3,(H,23,24)(H,20,21,22). The lowest BCUT2D eigenvalue weighted by molar-refractivity contribution is 0.0697. The number of aromatic amines is 1. The van der Waals surface area contributed by atoms with Gasteiger partial charge in [0.15, 0.2) is 0 Å². The molecule has 2 aromatic carbocycles. The number of aryl methyl sites for hydroxylation is 1. The molecule has 3 aromatic rings. The van der Waals surface area contributed by atoms with Crippen LogP contribution >= 0.6 is 11.6 Å². The molecule has 0 aliphatic carbocycles. The monoisotopic (exact) mass is 343 g/mol. The number of carboxylic acids is 1. The van der Waals surface area contributed by atoms with Crippen LogP contribution in [-0.2, 0) is 6.54 Å². The quantitative estimate of drug-likeness (QED) is 0.676. The van der Waals surface area contributed by atoms with Gasteiger partial charge in [0, 0.05) is 17.3 Å². The van der Waals surface area contributed by atoms with Crippen molar-refractivity contribution in [2.75, 3.05) is 5.32 Å². The first kappa shape index (κ1) is 16.0. The molecule has 0 saturated carbocycles. The highest BCUT2D eigenvalue weighted by molar-refractivity contribution is 6.32. The minimum Gasteiger partial charge on any atom is -0.478 e. The van der Waals surface area contributed by atoms with Crippen LogP contribution in [0.3, 0.4) is 0 Å². The molecule has 0 amide bonds. The van der Waals surface area contributed by atoms with E-state index in [0.29, 0.717) is 28.3 Å². The van der Waals surface area contributed by atoms with E-state index in [2.05, 4.69) is 15.3 Å². The Morgan fingerprint density at radius 1 is 1.29 bits per heavy atom. The maximum Gasteiger partial charge on any atom is 0.335 e. The molecule has 0 fully saturated rings. The molecule has 1 aromatic heterocycles. The predicted octanol–water partition coefficient (Wildman–Crippen LogP) is 3.20. The fourth-order valence-electron chi connectivity index (χ4n) is 2.39. The maximum atomic E-state index is 12.0. The first-order valence-electron chi connectivity index (χ1n) is 7.20. The third-order valence-corrected chi connectivity index (χ3v) is 3.96. The van der Waals surface area contributed by atoms with E-state index >= 15 is 0 Å². The second kappa shape index (κ2) is 6.33. The summed E-state index contributed by atoms with van der Waals surface area (Å²) >= 11 is 6.27. The number of carboxylic acid groups (broad SMARTS) is 1. The van der Waals surface area contributed by atoms with Crippen molar-refractivity contribution in [1.29, 1.82) is 0 Å². The average Bonchev–Trinajstić information content (AvgIpc) is 2.53. The Morgan fingerprint density at radius 3 is 2.67 bits per heavy atom. The van der Waals surface area contributed by atoms with E-state index in [1.54, 1.807) is 31.2 Å². The van der Waals surface area contributed by atoms with Crippen LogP contribution in [0, 0.1) is 6.92 Å². The number of fused-ring (bicyclic) bond motifs is 1. The fourth-order valence-corrected chi connectivity index (χ4v) is 2.61. The van der Waals surface area contributed by atoms with Gasteiger partial charge in [-0.3, -0.25) is 4.79 Å². The van der Waals surface area contributed by atoms with E-state index in [9.17, 15) is 9.59 Å². The first-order chi connectivity index (χ1) is 11.4. The van der Waals surface area contributed by atoms with Crippen molar-refractivity contribution >= 4 is 34.2 Å². The van der Waals surface area contributed by atoms with Gasteiger partial charge < -0.3 is 15.4 Å². The molecule has 1 heterocycles. The number of nitrogens with zero attached hydrogens (tertiary/aromatic N) is 1. The lowest BCUT2D eigenvalue weighted by Crippen LogP contribution is -2.11. The van der Waals surface area contributed by atoms with Crippen LogP contribution in [0.5, 0.6) is 0 Å². The molecule has 0 spiro atoms. The van der Waals surface area contributed by atoms with Gasteiger partial charge in [0.25, 0.3) is 5.56 Å². The minimum atomic E-state index is -0.971. The van der Waals surface area contributed by atoms with Crippen molar-refractivity contribution in [3.8, 4) is 0 Å². The largest absolute Gasteiger partial charge is 0.478 e. The zero-order valence-electron chi connectivity index (χ0n) is 12.8. The molecule has 0 saturated heterocycles. The number of carbonyl (C=O) groups is 1. The summed E-state index contributed by atoms with van der Waals surface area (Å²) in [4.78, 5) is 29.8. The maximum absolute atomic E-state index is 12.0. The topological polar surface area (TPSA) is 95.1 Å². The van der Waals surface area contributed by atoms with Gasteiger partial charge in [0.1, 0.15) is 5.82 Å². The molecule has 0 radical (unpaired) electrons. The van der Waals surface area contributed by atoms with Crippen LogP contribution < -0.4 is 10.9 Å². The number of hydrogen-bond acceptors (Lipinski definition) is 4. The molecule has 3 rings (SSSR count). The number of aromatic nitrogens is 2. The van der Waals surface area contributed by atoms with Gasteiger partial charge in [-0.15, -0.1) is 0 Å². The molecule has 0 atom stereocenters. The van der Waals surface area contributed by atoms with Crippen LogP contribution in [0.4, 0.5) is 5.69 Å². The predicted molar refractivity (Wildman–Crippen MR) is 92.8 cm³/mol. The van der Waals surface area contributed by atoms with Gasteiger partial charge in [-0.25, -0.2) is 9.78 Å². The molecule has 0 unspecified atom stereocenters. The Bertz CT molecular complexity index is 981. The van der Waals surface area contributed by atoms with Crippen molar-refractivity contribution < 1.29 is 9.90 Å². The van der Waals surface area contributed by atoms with Crippen molar-refractivity contribution in [3.05, 3.63) is 68.7 Å². The Kier molecular flexibility index (Phi) is 4.22. The zero-order chi connectivity index (χ0) is 17.3. The van der Waals surface area contributed by atoms with Gasteiger partial charge in [0.2, 0.25) is 0 Å². The molecular formula is C17H14ClN3O3. The summed E-state index contributed by atoms with van der Waals surface area (Å²) in [6.45, 7) is 2.11. The number of rotatable bonds is 4. The van der Waals surface area contributed by atoms with E-state index < -0.39 is 5.97 Å².